The second-order valence-corrected chi connectivity index (χ2v) is 7.11. The Labute approximate surface area is 144 Å². The molecule has 1 aromatic carbocycles. The number of aryl methyl sites for hydroxylation is 1. The summed E-state index contributed by atoms with van der Waals surface area (Å²) in [4.78, 5) is 25.4. The lowest BCUT2D eigenvalue weighted by atomic mass is 9.89. The molecule has 3 rings (SSSR count). The zero-order valence-electron chi connectivity index (χ0n) is 14.5. The maximum Gasteiger partial charge on any atom is 0.306 e. The van der Waals surface area contributed by atoms with Crippen molar-refractivity contribution in [1.29, 1.82) is 0 Å². The number of rotatable bonds is 4. The number of carbonyl (C=O) groups is 2. The number of benzene rings is 1. The van der Waals surface area contributed by atoms with Crippen molar-refractivity contribution in [3.05, 3.63) is 35.4 Å². The second-order valence-electron chi connectivity index (χ2n) is 7.11. The van der Waals surface area contributed by atoms with Gasteiger partial charge in [-0.3, -0.25) is 9.59 Å². The Bertz CT molecular complexity index is 590. The third kappa shape index (κ3) is 4.37. The summed E-state index contributed by atoms with van der Waals surface area (Å²) in [6, 6.07) is 8.43. The van der Waals surface area contributed by atoms with Gasteiger partial charge in [0.2, 0.25) is 5.91 Å². The Kier molecular flexibility index (Phi) is 5.54. The third-order valence-electron chi connectivity index (χ3n) is 5.42. The van der Waals surface area contributed by atoms with Gasteiger partial charge >= 0.3 is 5.97 Å². The normalized spacial score (nSPS) is 21.2. The van der Waals surface area contributed by atoms with E-state index in [-0.39, 0.29) is 18.0 Å². The molecule has 1 atom stereocenters. The summed E-state index contributed by atoms with van der Waals surface area (Å²) in [5, 5.41) is 0. The van der Waals surface area contributed by atoms with Crippen LogP contribution in [-0.2, 0) is 27.2 Å². The molecule has 1 fully saturated rings. The van der Waals surface area contributed by atoms with E-state index in [2.05, 4.69) is 24.3 Å². The molecule has 2 aliphatic rings. The molecule has 1 aromatic rings. The summed E-state index contributed by atoms with van der Waals surface area (Å²) in [7, 11) is 0. The largest absolute Gasteiger partial charge is 0.462 e. The van der Waals surface area contributed by atoms with Crippen LogP contribution >= 0.6 is 0 Å². The van der Waals surface area contributed by atoms with Gasteiger partial charge in [-0.25, -0.2) is 0 Å². The van der Waals surface area contributed by atoms with Crippen LogP contribution in [0.15, 0.2) is 24.3 Å². The zero-order valence-corrected chi connectivity index (χ0v) is 14.5. The predicted molar refractivity (Wildman–Crippen MR) is 92.6 cm³/mol. The number of amides is 1. The molecule has 0 saturated carbocycles. The van der Waals surface area contributed by atoms with E-state index >= 15 is 0 Å². The van der Waals surface area contributed by atoms with Crippen LogP contribution in [0, 0.1) is 5.92 Å². The van der Waals surface area contributed by atoms with E-state index < -0.39 is 0 Å². The third-order valence-corrected chi connectivity index (χ3v) is 5.42. The van der Waals surface area contributed by atoms with E-state index in [1.807, 2.05) is 4.90 Å². The van der Waals surface area contributed by atoms with Gasteiger partial charge in [-0.05, 0) is 49.1 Å². The van der Waals surface area contributed by atoms with Crippen LogP contribution in [0.2, 0.25) is 0 Å². The Morgan fingerprint density at radius 1 is 1.12 bits per heavy atom. The highest BCUT2D eigenvalue weighted by molar-refractivity contribution is 5.73. The Balaban J connectivity index is 1.39. The average molecular weight is 329 g/mol. The van der Waals surface area contributed by atoms with Crippen LogP contribution < -0.4 is 0 Å². The van der Waals surface area contributed by atoms with Gasteiger partial charge in [-0.15, -0.1) is 0 Å². The highest BCUT2D eigenvalue weighted by Crippen LogP contribution is 2.25. The highest BCUT2D eigenvalue weighted by Gasteiger charge is 2.24. The predicted octanol–water partition coefficient (Wildman–Crippen LogP) is 3.13. The minimum atomic E-state index is -0.0617. The summed E-state index contributed by atoms with van der Waals surface area (Å²) in [5.74, 6) is 0.638. The van der Waals surface area contributed by atoms with Crippen LogP contribution in [0.4, 0.5) is 0 Å². The minimum Gasteiger partial charge on any atom is -0.462 e. The standard InChI is InChI=1S/C20H27NO3/c1-15(22)21-12-10-16(11-13-21)6-9-20(23)24-19-8-7-17-4-2-3-5-18(17)14-19/h2-5,16,19H,6-14H2,1H3. The molecule has 1 amide bonds. The molecule has 130 valence electrons. The highest BCUT2D eigenvalue weighted by atomic mass is 16.5. The molecule has 1 aliphatic heterocycles. The lowest BCUT2D eigenvalue weighted by molar-refractivity contribution is -0.150. The van der Waals surface area contributed by atoms with Crippen molar-refractivity contribution in [2.75, 3.05) is 13.1 Å². The van der Waals surface area contributed by atoms with E-state index in [0.29, 0.717) is 12.3 Å². The van der Waals surface area contributed by atoms with Gasteiger partial charge in [0.05, 0.1) is 0 Å². The monoisotopic (exact) mass is 329 g/mol. The number of piperidine rings is 1. The molecule has 1 aliphatic carbocycles. The van der Waals surface area contributed by atoms with E-state index in [0.717, 1.165) is 51.6 Å². The first-order valence-corrected chi connectivity index (χ1v) is 9.13. The van der Waals surface area contributed by atoms with Crippen molar-refractivity contribution in [2.45, 2.75) is 58.0 Å². The number of ether oxygens (including phenoxy) is 1. The topological polar surface area (TPSA) is 46.6 Å². The molecule has 0 spiro atoms. The fourth-order valence-corrected chi connectivity index (χ4v) is 3.87. The number of esters is 1. The molecule has 1 saturated heterocycles. The van der Waals surface area contributed by atoms with E-state index in [9.17, 15) is 9.59 Å². The van der Waals surface area contributed by atoms with Crippen molar-refractivity contribution in [3.63, 3.8) is 0 Å². The summed E-state index contributed by atoms with van der Waals surface area (Å²) >= 11 is 0. The number of hydrogen-bond acceptors (Lipinski definition) is 3. The van der Waals surface area contributed by atoms with E-state index in [1.54, 1.807) is 6.92 Å². The Hall–Kier alpha value is -1.84. The molecule has 1 unspecified atom stereocenters. The summed E-state index contributed by atoms with van der Waals surface area (Å²) < 4.78 is 5.70. The fraction of sp³-hybridized carbons (Fsp3) is 0.600. The van der Waals surface area contributed by atoms with Gasteiger partial charge in [0.15, 0.2) is 0 Å². The van der Waals surface area contributed by atoms with Gasteiger partial charge in [-0.1, -0.05) is 24.3 Å². The second kappa shape index (κ2) is 7.82. The van der Waals surface area contributed by atoms with Crippen molar-refractivity contribution < 1.29 is 14.3 Å². The summed E-state index contributed by atoms with van der Waals surface area (Å²) in [5.41, 5.74) is 2.71. The fourth-order valence-electron chi connectivity index (χ4n) is 3.87. The SMILES string of the molecule is CC(=O)N1CCC(CCC(=O)OC2CCc3ccccc3C2)CC1. The number of hydrogen-bond donors (Lipinski definition) is 0. The minimum absolute atomic E-state index is 0.0342. The van der Waals surface area contributed by atoms with Gasteiger partial charge < -0.3 is 9.64 Å². The molecule has 4 heteroatoms. The molecule has 24 heavy (non-hydrogen) atoms. The maximum atomic E-state index is 12.2. The van der Waals surface area contributed by atoms with Gasteiger partial charge in [0.1, 0.15) is 6.10 Å². The number of carbonyl (C=O) groups excluding carboxylic acids is 2. The molecule has 0 radical (unpaired) electrons. The smallest absolute Gasteiger partial charge is 0.306 e. The molecular weight excluding hydrogens is 302 g/mol. The summed E-state index contributed by atoms with van der Waals surface area (Å²) in [6.07, 6.45) is 6.20. The first-order chi connectivity index (χ1) is 11.6. The quantitative estimate of drug-likeness (QED) is 0.797. The van der Waals surface area contributed by atoms with Crippen molar-refractivity contribution in [3.8, 4) is 0 Å². The first-order valence-electron chi connectivity index (χ1n) is 9.13. The van der Waals surface area contributed by atoms with Crippen LogP contribution in [0.25, 0.3) is 0 Å². The molecule has 4 nitrogen and oxygen atoms in total. The number of fused-ring (bicyclic) bond motifs is 1. The number of nitrogens with zero attached hydrogens (tertiary/aromatic N) is 1. The van der Waals surface area contributed by atoms with Crippen LogP contribution in [0.1, 0.15) is 50.2 Å². The Morgan fingerprint density at radius 3 is 2.54 bits per heavy atom. The molecule has 1 heterocycles. The zero-order chi connectivity index (χ0) is 16.9. The van der Waals surface area contributed by atoms with Crippen molar-refractivity contribution in [1.82, 2.24) is 4.90 Å². The van der Waals surface area contributed by atoms with Crippen molar-refractivity contribution >= 4 is 11.9 Å². The van der Waals surface area contributed by atoms with E-state index in [1.165, 1.54) is 11.1 Å². The van der Waals surface area contributed by atoms with Gasteiger partial charge in [0, 0.05) is 32.9 Å². The lowest BCUT2D eigenvalue weighted by Crippen LogP contribution is -2.37. The van der Waals surface area contributed by atoms with Crippen LogP contribution in [0.5, 0.6) is 0 Å². The van der Waals surface area contributed by atoms with Gasteiger partial charge in [-0.2, -0.15) is 0 Å². The molecule has 0 aromatic heterocycles. The first kappa shape index (κ1) is 17.0. The van der Waals surface area contributed by atoms with Crippen LogP contribution in [-0.4, -0.2) is 36.0 Å². The number of likely N-dealkylation sites (tertiary alicyclic amines) is 1. The van der Waals surface area contributed by atoms with Crippen molar-refractivity contribution in [2.24, 2.45) is 5.92 Å². The molecular formula is C20H27NO3. The van der Waals surface area contributed by atoms with Gasteiger partial charge in [0.25, 0.3) is 0 Å². The maximum absolute atomic E-state index is 12.2. The Morgan fingerprint density at radius 2 is 1.83 bits per heavy atom. The molecule has 0 bridgehead atoms. The average Bonchev–Trinajstić information content (AvgIpc) is 2.60. The summed E-state index contributed by atoms with van der Waals surface area (Å²) in [6.45, 7) is 3.28. The van der Waals surface area contributed by atoms with E-state index in [4.69, 9.17) is 4.74 Å². The molecule has 0 N–H and O–H groups in total. The lowest BCUT2D eigenvalue weighted by Gasteiger charge is -2.31. The van der Waals surface area contributed by atoms with Crippen LogP contribution in [0.3, 0.4) is 0 Å².